The Bertz CT molecular complexity index is 392. The molecule has 1 heterocycles. The molecule has 1 atom stereocenters. The van der Waals surface area contributed by atoms with E-state index >= 15 is 0 Å². The number of hydrogen-bond donors (Lipinski definition) is 2. The lowest BCUT2D eigenvalue weighted by Crippen LogP contribution is -2.28. The van der Waals surface area contributed by atoms with Crippen LogP contribution in [-0.2, 0) is 10.8 Å². The van der Waals surface area contributed by atoms with E-state index in [0.717, 1.165) is 5.69 Å². The third kappa shape index (κ3) is 4.52. The molecule has 94 valence electrons. The van der Waals surface area contributed by atoms with Crippen LogP contribution in [-0.4, -0.2) is 40.2 Å². The average Bonchev–Trinajstić information content (AvgIpc) is 2.38. The van der Waals surface area contributed by atoms with Crippen LogP contribution in [0.15, 0.2) is 18.3 Å². The molecule has 2 N–H and O–H groups in total. The summed E-state index contributed by atoms with van der Waals surface area (Å²) in [5.74, 6) is 0.864. The second kappa shape index (κ2) is 7.01. The maximum atomic E-state index is 11.6. The molecule has 0 saturated heterocycles. The van der Waals surface area contributed by atoms with Crippen molar-refractivity contribution in [3.63, 3.8) is 0 Å². The number of carbonyl (C=O) groups is 1. The van der Waals surface area contributed by atoms with Crippen molar-refractivity contribution in [1.29, 1.82) is 0 Å². The molecule has 1 amide bonds. The lowest BCUT2D eigenvalue weighted by molar-refractivity contribution is 0.0951. The normalized spacial score (nSPS) is 11.9. The first-order valence-electron chi connectivity index (χ1n) is 5.44. The summed E-state index contributed by atoms with van der Waals surface area (Å²) < 4.78 is 11.1. The second-order valence-electron chi connectivity index (χ2n) is 3.37. The smallest absolute Gasteiger partial charge is 0.269 e. The summed E-state index contributed by atoms with van der Waals surface area (Å²) in [5.41, 5.74) is 1.22. The average molecular weight is 255 g/mol. The standard InChI is InChI=1S/C11H17N3O2S/c1-3-17(16)7-6-13-11(15)10-5-4-9(12-2)8-14-10/h4-5,8,12H,3,6-7H2,1-2H3,(H,13,15). The minimum Gasteiger partial charge on any atom is -0.387 e. The van der Waals surface area contributed by atoms with E-state index in [-0.39, 0.29) is 5.91 Å². The fourth-order valence-electron chi connectivity index (χ4n) is 1.19. The zero-order valence-corrected chi connectivity index (χ0v) is 10.8. The van der Waals surface area contributed by atoms with E-state index in [0.29, 0.717) is 23.7 Å². The van der Waals surface area contributed by atoms with Gasteiger partial charge in [-0.3, -0.25) is 9.00 Å². The van der Waals surface area contributed by atoms with Crippen molar-refractivity contribution < 1.29 is 9.00 Å². The van der Waals surface area contributed by atoms with Gasteiger partial charge in [-0.1, -0.05) is 6.92 Å². The number of rotatable bonds is 6. The van der Waals surface area contributed by atoms with Gasteiger partial charge in [0.15, 0.2) is 0 Å². The molecular weight excluding hydrogens is 238 g/mol. The van der Waals surface area contributed by atoms with E-state index in [4.69, 9.17) is 0 Å². The van der Waals surface area contributed by atoms with Crippen LogP contribution in [0.3, 0.4) is 0 Å². The monoisotopic (exact) mass is 255 g/mol. The Kier molecular flexibility index (Phi) is 5.62. The van der Waals surface area contributed by atoms with Gasteiger partial charge in [-0.2, -0.15) is 0 Å². The van der Waals surface area contributed by atoms with E-state index in [2.05, 4.69) is 15.6 Å². The fourth-order valence-corrected chi connectivity index (χ4v) is 1.81. The highest BCUT2D eigenvalue weighted by atomic mass is 32.2. The molecule has 0 saturated carbocycles. The molecule has 0 bridgehead atoms. The summed E-state index contributed by atoms with van der Waals surface area (Å²) in [6.45, 7) is 2.27. The number of pyridine rings is 1. The van der Waals surface area contributed by atoms with Crippen LogP contribution < -0.4 is 10.6 Å². The fraction of sp³-hybridized carbons (Fsp3) is 0.455. The first-order chi connectivity index (χ1) is 8.17. The number of nitrogens with one attached hydrogen (secondary N) is 2. The largest absolute Gasteiger partial charge is 0.387 e. The number of carbonyl (C=O) groups excluding carboxylic acids is 1. The molecule has 1 unspecified atom stereocenters. The highest BCUT2D eigenvalue weighted by Gasteiger charge is 2.06. The number of amides is 1. The van der Waals surface area contributed by atoms with Crippen molar-refractivity contribution >= 4 is 22.4 Å². The molecule has 0 aliphatic heterocycles. The summed E-state index contributed by atoms with van der Waals surface area (Å²) in [4.78, 5) is 15.6. The van der Waals surface area contributed by atoms with Crippen LogP contribution >= 0.6 is 0 Å². The first kappa shape index (κ1) is 13.6. The topological polar surface area (TPSA) is 71.1 Å². The van der Waals surface area contributed by atoms with Crippen molar-refractivity contribution in [2.24, 2.45) is 0 Å². The Balaban J connectivity index is 2.44. The third-order valence-electron chi connectivity index (χ3n) is 2.22. The van der Waals surface area contributed by atoms with Gasteiger partial charge in [0, 0.05) is 35.9 Å². The Hall–Kier alpha value is -1.43. The molecule has 6 heteroatoms. The van der Waals surface area contributed by atoms with Crippen molar-refractivity contribution in [2.45, 2.75) is 6.92 Å². The summed E-state index contributed by atoms with van der Waals surface area (Å²) in [6.07, 6.45) is 1.60. The van der Waals surface area contributed by atoms with E-state index in [1.165, 1.54) is 0 Å². The predicted molar refractivity (Wildman–Crippen MR) is 69.7 cm³/mol. The number of hydrogen-bond acceptors (Lipinski definition) is 4. The molecule has 0 spiro atoms. The highest BCUT2D eigenvalue weighted by molar-refractivity contribution is 7.84. The van der Waals surface area contributed by atoms with Gasteiger partial charge in [0.25, 0.3) is 5.91 Å². The lowest BCUT2D eigenvalue weighted by Gasteiger charge is -2.05. The zero-order valence-electron chi connectivity index (χ0n) is 10.0. The predicted octanol–water partition coefficient (Wildman–Crippen LogP) is 0.622. The third-order valence-corrected chi connectivity index (χ3v) is 3.53. The van der Waals surface area contributed by atoms with Crippen LogP contribution in [0.1, 0.15) is 17.4 Å². The van der Waals surface area contributed by atoms with Crippen molar-refractivity contribution in [3.8, 4) is 0 Å². The molecule has 1 aromatic rings. The van der Waals surface area contributed by atoms with Crippen molar-refractivity contribution in [3.05, 3.63) is 24.0 Å². The summed E-state index contributed by atoms with van der Waals surface area (Å²) in [6, 6.07) is 3.43. The molecule has 17 heavy (non-hydrogen) atoms. The zero-order chi connectivity index (χ0) is 12.7. The van der Waals surface area contributed by atoms with Gasteiger partial charge in [0.05, 0.1) is 11.9 Å². The van der Waals surface area contributed by atoms with Gasteiger partial charge in [-0.15, -0.1) is 0 Å². The van der Waals surface area contributed by atoms with Gasteiger partial charge in [0.1, 0.15) is 5.69 Å². The van der Waals surface area contributed by atoms with Crippen molar-refractivity contribution in [2.75, 3.05) is 30.4 Å². The molecule has 0 aliphatic rings. The van der Waals surface area contributed by atoms with Crippen LogP contribution in [0, 0.1) is 0 Å². The van der Waals surface area contributed by atoms with E-state index in [9.17, 15) is 9.00 Å². The number of anilines is 1. The van der Waals surface area contributed by atoms with Crippen LogP contribution in [0.2, 0.25) is 0 Å². The summed E-state index contributed by atoms with van der Waals surface area (Å²) in [5, 5.41) is 5.61. The SMILES string of the molecule is CCS(=O)CCNC(=O)c1ccc(NC)cn1. The molecule has 1 aromatic heterocycles. The van der Waals surface area contributed by atoms with E-state index in [1.807, 2.05) is 6.92 Å². The van der Waals surface area contributed by atoms with Gasteiger partial charge < -0.3 is 10.6 Å². The molecule has 5 nitrogen and oxygen atoms in total. The van der Waals surface area contributed by atoms with Crippen LogP contribution in [0.4, 0.5) is 5.69 Å². The molecular formula is C11H17N3O2S. The Morgan fingerprint density at radius 1 is 1.47 bits per heavy atom. The van der Waals surface area contributed by atoms with Gasteiger partial charge >= 0.3 is 0 Å². The minimum atomic E-state index is -0.850. The van der Waals surface area contributed by atoms with E-state index < -0.39 is 10.8 Å². The lowest BCUT2D eigenvalue weighted by atomic mass is 10.3. The molecule has 1 rings (SSSR count). The highest BCUT2D eigenvalue weighted by Crippen LogP contribution is 2.04. The maximum absolute atomic E-state index is 11.6. The Morgan fingerprint density at radius 3 is 2.76 bits per heavy atom. The van der Waals surface area contributed by atoms with E-state index in [1.54, 1.807) is 25.4 Å². The van der Waals surface area contributed by atoms with Gasteiger partial charge in [-0.05, 0) is 12.1 Å². The minimum absolute atomic E-state index is 0.235. The van der Waals surface area contributed by atoms with Crippen LogP contribution in [0.5, 0.6) is 0 Å². The Morgan fingerprint density at radius 2 is 2.24 bits per heavy atom. The summed E-state index contributed by atoms with van der Waals surface area (Å²) >= 11 is 0. The van der Waals surface area contributed by atoms with Gasteiger partial charge in [-0.25, -0.2) is 4.98 Å². The molecule has 0 radical (unpaired) electrons. The first-order valence-corrected chi connectivity index (χ1v) is 6.93. The molecule has 0 fully saturated rings. The number of nitrogens with zero attached hydrogens (tertiary/aromatic N) is 1. The maximum Gasteiger partial charge on any atom is 0.269 e. The van der Waals surface area contributed by atoms with Gasteiger partial charge in [0.2, 0.25) is 0 Å². The molecule has 0 aromatic carbocycles. The second-order valence-corrected chi connectivity index (χ2v) is 5.24. The number of aromatic nitrogens is 1. The summed E-state index contributed by atoms with van der Waals surface area (Å²) in [7, 11) is 0.938. The van der Waals surface area contributed by atoms with Crippen LogP contribution in [0.25, 0.3) is 0 Å². The van der Waals surface area contributed by atoms with Crippen molar-refractivity contribution in [1.82, 2.24) is 10.3 Å². The Labute approximate surface area is 103 Å². The quantitative estimate of drug-likeness (QED) is 0.782. The molecule has 0 aliphatic carbocycles.